The molecule has 3 nitrogen and oxygen atoms in total. The minimum absolute atomic E-state index is 0.488. The van der Waals surface area contributed by atoms with Crippen molar-refractivity contribution in [2.45, 2.75) is 20.5 Å². The summed E-state index contributed by atoms with van der Waals surface area (Å²) in [4.78, 5) is 4.12. The number of aromatic nitrogens is 1. The quantitative estimate of drug-likeness (QED) is 0.822. The van der Waals surface area contributed by atoms with Crippen LogP contribution in [0.4, 0.5) is 5.69 Å². The van der Waals surface area contributed by atoms with Gasteiger partial charge in [0.1, 0.15) is 12.4 Å². The molecule has 0 fully saturated rings. The molecular formula is C14H16N2O. The molecule has 0 unspecified atom stereocenters. The number of nitrogens with two attached hydrogens (primary N) is 1. The average molecular weight is 228 g/mol. The molecule has 1 aromatic carbocycles. The zero-order chi connectivity index (χ0) is 12.3. The number of pyridine rings is 1. The van der Waals surface area contributed by atoms with Crippen LogP contribution in [0.3, 0.4) is 0 Å². The zero-order valence-electron chi connectivity index (χ0n) is 10.1. The molecule has 17 heavy (non-hydrogen) atoms. The Morgan fingerprint density at radius 2 is 1.94 bits per heavy atom. The van der Waals surface area contributed by atoms with Gasteiger partial charge in [-0.2, -0.15) is 0 Å². The van der Waals surface area contributed by atoms with Crippen LogP contribution in [0.25, 0.3) is 0 Å². The molecule has 0 saturated heterocycles. The largest absolute Gasteiger partial charge is 0.487 e. The van der Waals surface area contributed by atoms with E-state index in [1.165, 1.54) is 0 Å². The van der Waals surface area contributed by atoms with Crippen LogP contribution >= 0.6 is 0 Å². The fourth-order valence-electron chi connectivity index (χ4n) is 1.66. The maximum atomic E-state index is 5.87. The van der Waals surface area contributed by atoms with Gasteiger partial charge in [0.05, 0.1) is 5.69 Å². The molecule has 2 rings (SSSR count). The van der Waals surface area contributed by atoms with Crippen molar-refractivity contribution in [1.82, 2.24) is 4.98 Å². The number of hydrogen-bond donors (Lipinski definition) is 1. The highest BCUT2D eigenvalue weighted by Gasteiger charge is 2.01. The van der Waals surface area contributed by atoms with Gasteiger partial charge in [0.2, 0.25) is 0 Å². The second-order valence-corrected chi connectivity index (χ2v) is 4.20. The van der Waals surface area contributed by atoms with Crippen LogP contribution in [0.5, 0.6) is 5.75 Å². The van der Waals surface area contributed by atoms with E-state index in [-0.39, 0.29) is 0 Å². The number of rotatable bonds is 3. The lowest BCUT2D eigenvalue weighted by Crippen LogP contribution is -1.99. The predicted molar refractivity (Wildman–Crippen MR) is 68.9 cm³/mol. The molecule has 0 radical (unpaired) electrons. The van der Waals surface area contributed by atoms with E-state index in [0.29, 0.717) is 12.3 Å². The molecular weight excluding hydrogens is 212 g/mol. The van der Waals surface area contributed by atoms with Crippen molar-refractivity contribution in [3.63, 3.8) is 0 Å². The number of anilines is 1. The van der Waals surface area contributed by atoms with Crippen LogP contribution in [0.1, 0.15) is 16.7 Å². The Bertz CT molecular complexity index is 523. The Balaban J connectivity index is 2.07. The van der Waals surface area contributed by atoms with Crippen LogP contribution in [0, 0.1) is 13.8 Å². The Hall–Kier alpha value is -2.03. The van der Waals surface area contributed by atoms with Crippen LogP contribution in [0.15, 0.2) is 36.7 Å². The second kappa shape index (κ2) is 4.87. The fourth-order valence-corrected chi connectivity index (χ4v) is 1.66. The van der Waals surface area contributed by atoms with Gasteiger partial charge < -0.3 is 10.5 Å². The molecule has 0 atom stereocenters. The SMILES string of the molecule is Cc1cncc(COc2ccc(C)cc2N)c1. The summed E-state index contributed by atoms with van der Waals surface area (Å²) in [7, 11) is 0. The van der Waals surface area contributed by atoms with E-state index in [1.54, 1.807) is 6.20 Å². The van der Waals surface area contributed by atoms with Gasteiger partial charge in [-0.15, -0.1) is 0 Å². The number of ether oxygens (including phenoxy) is 1. The van der Waals surface area contributed by atoms with Crippen LogP contribution in [-0.2, 0) is 6.61 Å². The highest BCUT2D eigenvalue weighted by molar-refractivity contribution is 5.54. The number of hydrogen-bond acceptors (Lipinski definition) is 3. The standard InChI is InChI=1S/C14H16N2O/c1-10-3-4-14(13(15)6-10)17-9-12-5-11(2)7-16-8-12/h3-8H,9,15H2,1-2H3. The Kier molecular flexibility index (Phi) is 3.28. The van der Waals surface area contributed by atoms with E-state index < -0.39 is 0 Å². The van der Waals surface area contributed by atoms with Crippen molar-refractivity contribution in [2.24, 2.45) is 0 Å². The Morgan fingerprint density at radius 1 is 1.12 bits per heavy atom. The Morgan fingerprint density at radius 3 is 2.65 bits per heavy atom. The molecule has 1 aromatic heterocycles. The van der Waals surface area contributed by atoms with E-state index in [4.69, 9.17) is 10.5 Å². The number of aryl methyl sites for hydroxylation is 2. The van der Waals surface area contributed by atoms with Gasteiger partial charge in [-0.3, -0.25) is 4.98 Å². The van der Waals surface area contributed by atoms with Crippen molar-refractivity contribution in [3.05, 3.63) is 53.3 Å². The summed E-state index contributed by atoms with van der Waals surface area (Å²) in [6.45, 7) is 4.50. The van der Waals surface area contributed by atoms with Gasteiger partial charge in [0.15, 0.2) is 0 Å². The normalized spacial score (nSPS) is 10.2. The summed E-state index contributed by atoms with van der Waals surface area (Å²) >= 11 is 0. The van der Waals surface area contributed by atoms with Crippen molar-refractivity contribution in [1.29, 1.82) is 0 Å². The second-order valence-electron chi connectivity index (χ2n) is 4.20. The third kappa shape index (κ3) is 2.97. The van der Waals surface area contributed by atoms with Crippen molar-refractivity contribution < 1.29 is 4.74 Å². The first-order valence-corrected chi connectivity index (χ1v) is 5.54. The highest BCUT2D eigenvalue weighted by Crippen LogP contribution is 2.23. The van der Waals surface area contributed by atoms with Crippen LogP contribution in [0.2, 0.25) is 0 Å². The van der Waals surface area contributed by atoms with Gasteiger partial charge in [-0.05, 0) is 43.2 Å². The van der Waals surface area contributed by atoms with E-state index in [9.17, 15) is 0 Å². The lowest BCUT2D eigenvalue weighted by molar-refractivity contribution is 0.307. The third-order valence-corrected chi connectivity index (χ3v) is 2.49. The Labute approximate surface area is 101 Å². The number of nitrogen functional groups attached to an aromatic ring is 1. The van der Waals surface area contributed by atoms with Gasteiger partial charge in [-0.25, -0.2) is 0 Å². The van der Waals surface area contributed by atoms with E-state index >= 15 is 0 Å². The fraction of sp³-hybridized carbons (Fsp3) is 0.214. The molecule has 0 amide bonds. The highest BCUT2D eigenvalue weighted by atomic mass is 16.5. The molecule has 0 bridgehead atoms. The maximum absolute atomic E-state index is 5.87. The van der Waals surface area contributed by atoms with E-state index in [0.717, 1.165) is 22.4 Å². The smallest absolute Gasteiger partial charge is 0.142 e. The summed E-state index contributed by atoms with van der Waals surface area (Å²) in [5.74, 6) is 0.720. The summed E-state index contributed by atoms with van der Waals surface area (Å²) in [6, 6.07) is 7.84. The lowest BCUT2D eigenvalue weighted by atomic mass is 10.2. The van der Waals surface area contributed by atoms with Crippen molar-refractivity contribution in [3.8, 4) is 5.75 Å². The number of benzene rings is 1. The lowest BCUT2D eigenvalue weighted by Gasteiger charge is -2.09. The monoisotopic (exact) mass is 228 g/mol. The molecule has 88 valence electrons. The maximum Gasteiger partial charge on any atom is 0.142 e. The first-order chi connectivity index (χ1) is 8.15. The minimum Gasteiger partial charge on any atom is -0.487 e. The summed E-state index contributed by atoms with van der Waals surface area (Å²) in [5, 5.41) is 0. The molecule has 0 saturated carbocycles. The van der Waals surface area contributed by atoms with E-state index in [2.05, 4.69) is 11.1 Å². The predicted octanol–water partition coefficient (Wildman–Crippen LogP) is 2.86. The van der Waals surface area contributed by atoms with Gasteiger partial charge in [-0.1, -0.05) is 6.07 Å². The van der Waals surface area contributed by atoms with Crippen LogP contribution < -0.4 is 10.5 Å². The third-order valence-electron chi connectivity index (χ3n) is 2.49. The van der Waals surface area contributed by atoms with Crippen molar-refractivity contribution in [2.75, 3.05) is 5.73 Å². The first kappa shape index (κ1) is 11.5. The average Bonchev–Trinajstić information content (AvgIpc) is 2.28. The summed E-state index contributed by atoms with van der Waals surface area (Å²) in [5.41, 5.74) is 9.85. The molecule has 0 aliphatic carbocycles. The van der Waals surface area contributed by atoms with Gasteiger partial charge in [0, 0.05) is 18.0 Å². The van der Waals surface area contributed by atoms with Gasteiger partial charge >= 0.3 is 0 Å². The van der Waals surface area contributed by atoms with Crippen LogP contribution in [-0.4, -0.2) is 4.98 Å². The molecule has 2 N–H and O–H groups in total. The van der Waals surface area contributed by atoms with Crippen molar-refractivity contribution >= 4 is 5.69 Å². The molecule has 0 spiro atoms. The van der Waals surface area contributed by atoms with Gasteiger partial charge in [0.25, 0.3) is 0 Å². The number of nitrogens with zero attached hydrogens (tertiary/aromatic N) is 1. The molecule has 0 aliphatic heterocycles. The molecule has 3 heteroatoms. The molecule has 2 aromatic rings. The van der Waals surface area contributed by atoms with E-state index in [1.807, 2.05) is 38.2 Å². The topological polar surface area (TPSA) is 48.1 Å². The minimum atomic E-state index is 0.488. The summed E-state index contributed by atoms with van der Waals surface area (Å²) < 4.78 is 5.67. The zero-order valence-corrected chi connectivity index (χ0v) is 10.1. The summed E-state index contributed by atoms with van der Waals surface area (Å²) in [6.07, 6.45) is 3.63. The molecule has 0 aliphatic rings. The molecule has 1 heterocycles. The first-order valence-electron chi connectivity index (χ1n) is 5.54.